The molecule has 1 aromatic heterocycles. The second-order valence-corrected chi connectivity index (χ2v) is 6.48. The van der Waals surface area contributed by atoms with Crippen molar-refractivity contribution in [3.8, 4) is 5.75 Å². The monoisotopic (exact) mass is 279 g/mol. The Morgan fingerprint density at radius 3 is 2.89 bits per heavy atom. The van der Waals surface area contributed by atoms with Gasteiger partial charge in [0.05, 0.1) is 18.1 Å². The third-order valence-electron chi connectivity index (χ3n) is 3.24. The van der Waals surface area contributed by atoms with Crippen LogP contribution in [0.4, 0.5) is 0 Å². The Bertz CT molecular complexity index is 551. The molecule has 3 N–H and O–H groups in total. The van der Waals surface area contributed by atoms with Gasteiger partial charge >= 0.3 is 0 Å². The molecule has 0 spiro atoms. The number of hydrogen-bond acceptors (Lipinski definition) is 4. The van der Waals surface area contributed by atoms with E-state index in [0.29, 0.717) is 6.54 Å². The quantitative estimate of drug-likeness (QED) is 0.798. The smallest absolute Gasteiger partial charge is 0.166 e. The van der Waals surface area contributed by atoms with Gasteiger partial charge in [-0.3, -0.25) is 0 Å². The molecule has 0 aliphatic rings. The lowest BCUT2D eigenvalue weighted by molar-refractivity contribution is 0.368. The molecule has 0 saturated heterocycles. The fraction of sp³-hybridized carbons (Fsp3) is 0.500. The number of nitrogens with two attached hydrogens (primary N) is 1. The van der Waals surface area contributed by atoms with Crippen molar-refractivity contribution in [2.24, 2.45) is 11.1 Å². The highest BCUT2D eigenvalue weighted by Crippen LogP contribution is 2.26. The van der Waals surface area contributed by atoms with Crippen LogP contribution in [0.1, 0.15) is 20.3 Å². The summed E-state index contributed by atoms with van der Waals surface area (Å²) in [5, 5.41) is 0.955. The second-order valence-electron chi connectivity index (χ2n) is 5.39. The van der Waals surface area contributed by atoms with Crippen LogP contribution in [0, 0.1) is 5.41 Å². The number of benzene rings is 1. The minimum absolute atomic E-state index is 0.197. The number of methoxy groups -OCH3 is 1. The first-order valence-electron chi connectivity index (χ1n) is 6.41. The van der Waals surface area contributed by atoms with E-state index in [0.717, 1.165) is 34.1 Å². The average molecular weight is 279 g/mol. The number of aromatic amines is 1. The third-order valence-corrected chi connectivity index (χ3v) is 4.11. The zero-order valence-corrected chi connectivity index (χ0v) is 12.5. The molecule has 0 saturated carbocycles. The minimum atomic E-state index is 0.197. The van der Waals surface area contributed by atoms with E-state index in [1.165, 1.54) is 0 Å². The number of hydrogen-bond donors (Lipinski definition) is 2. The van der Waals surface area contributed by atoms with Gasteiger partial charge < -0.3 is 15.5 Å². The lowest BCUT2D eigenvalue weighted by atomic mass is 9.91. The summed E-state index contributed by atoms with van der Waals surface area (Å²) in [5.41, 5.74) is 7.92. The second kappa shape index (κ2) is 5.84. The summed E-state index contributed by atoms with van der Waals surface area (Å²) in [7, 11) is 1.67. The molecule has 0 amide bonds. The van der Waals surface area contributed by atoms with E-state index in [4.69, 9.17) is 10.5 Å². The Morgan fingerprint density at radius 1 is 1.42 bits per heavy atom. The van der Waals surface area contributed by atoms with Gasteiger partial charge in [0.25, 0.3) is 0 Å². The fourth-order valence-electron chi connectivity index (χ4n) is 1.69. The summed E-state index contributed by atoms with van der Waals surface area (Å²) < 4.78 is 5.20. The van der Waals surface area contributed by atoms with Crippen LogP contribution in [0.3, 0.4) is 0 Å². The zero-order valence-electron chi connectivity index (χ0n) is 11.7. The normalized spacial score (nSPS) is 12.0. The molecule has 0 unspecified atom stereocenters. The summed E-state index contributed by atoms with van der Waals surface area (Å²) in [6, 6.07) is 5.86. The molecule has 0 aliphatic carbocycles. The SMILES string of the molecule is COc1ccc2nc(SCCC(C)(C)CN)[nH]c2c1. The number of H-pyrrole nitrogens is 1. The maximum atomic E-state index is 5.73. The minimum Gasteiger partial charge on any atom is -0.497 e. The van der Waals surface area contributed by atoms with Crippen LogP contribution in [0.15, 0.2) is 23.4 Å². The maximum absolute atomic E-state index is 5.73. The van der Waals surface area contributed by atoms with E-state index in [1.54, 1.807) is 18.9 Å². The van der Waals surface area contributed by atoms with Gasteiger partial charge in [0.1, 0.15) is 5.75 Å². The van der Waals surface area contributed by atoms with Crippen molar-refractivity contribution in [2.75, 3.05) is 19.4 Å². The molecular weight excluding hydrogens is 258 g/mol. The number of nitrogens with zero attached hydrogens (tertiary/aromatic N) is 1. The average Bonchev–Trinajstić information content (AvgIpc) is 2.79. The van der Waals surface area contributed by atoms with Gasteiger partial charge in [0.2, 0.25) is 0 Å². The number of ether oxygens (including phenoxy) is 1. The molecule has 19 heavy (non-hydrogen) atoms. The van der Waals surface area contributed by atoms with Crippen molar-refractivity contribution in [2.45, 2.75) is 25.4 Å². The van der Waals surface area contributed by atoms with E-state index in [-0.39, 0.29) is 5.41 Å². The van der Waals surface area contributed by atoms with E-state index in [1.807, 2.05) is 18.2 Å². The number of fused-ring (bicyclic) bond motifs is 1. The summed E-state index contributed by atoms with van der Waals surface area (Å²) in [6.07, 6.45) is 1.08. The van der Waals surface area contributed by atoms with Gasteiger partial charge in [0, 0.05) is 11.8 Å². The van der Waals surface area contributed by atoms with Gasteiger partial charge in [-0.1, -0.05) is 25.6 Å². The third kappa shape index (κ3) is 3.64. The van der Waals surface area contributed by atoms with E-state index in [2.05, 4.69) is 23.8 Å². The van der Waals surface area contributed by atoms with E-state index < -0.39 is 0 Å². The summed E-state index contributed by atoms with van der Waals surface area (Å²) >= 11 is 1.74. The van der Waals surface area contributed by atoms with E-state index in [9.17, 15) is 0 Å². The topological polar surface area (TPSA) is 63.9 Å². The van der Waals surface area contributed by atoms with Gasteiger partial charge in [0.15, 0.2) is 5.16 Å². The Balaban J connectivity index is 2.01. The van der Waals surface area contributed by atoms with Gasteiger partial charge in [-0.25, -0.2) is 4.98 Å². The largest absolute Gasteiger partial charge is 0.497 e. The van der Waals surface area contributed by atoms with Gasteiger partial charge in [-0.15, -0.1) is 0 Å². The first kappa shape index (κ1) is 14.2. The molecule has 0 fully saturated rings. The number of thioether (sulfide) groups is 1. The molecular formula is C14H21N3OS. The highest BCUT2D eigenvalue weighted by atomic mass is 32.2. The van der Waals surface area contributed by atoms with Crippen molar-refractivity contribution >= 4 is 22.8 Å². The van der Waals surface area contributed by atoms with Crippen molar-refractivity contribution < 1.29 is 4.74 Å². The Kier molecular flexibility index (Phi) is 4.37. The highest BCUT2D eigenvalue weighted by molar-refractivity contribution is 7.99. The molecule has 4 nitrogen and oxygen atoms in total. The van der Waals surface area contributed by atoms with Gasteiger partial charge in [-0.2, -0.15) is 0 Å². The number of aromatic nitrogens is 2. The lowest BCUT2D eigenvalue weighted by Crippen LogP contribution is -2.24. The molecule has 104 valence electrons. The summed E-state index contributed by atoms with van der Waals surface area (Å²) in [4.78, 5) is 7.87. The van der Waals surface area contributed by atoms with Crippen LogP contribution < -0.4 is 10.5 Å². The van der Waals surface area contributed by atoms with E-state index >= 15 is 0 Å². The Hall–Kier alpha value is -1.20. The Morgan fingerprint density at radius 2 is 2.21 bits per heavy atom. The molecule has 1 aromatic carbocycles. The van der Waals surface area contributed by atoms with Crippen molar-refractivity contribution in [1.82, 2.24) is 9.97 Å². The van der Waals surface area contributed by atoms with Crippen LogP contribution in [0.5, 0.6) is 5.75 Å². The first-order valence-corrected chi connectivity index (χ1v) is 7.39. The molecule has 0 atom stereocenters. The molecule has 0 radical (unpaired) electrons. The van der Waals surface area contributed by atoms with Crippen LogP contribution in [-0.2, 0) is 0 Å². The maximum Gasteiger partial charge on any atom is 0.166 e. The molecule has 0 aliphatic heterocycles. The molecule has 1 heterocycles. The number of rotatable bonds is 6. The van der Waals surface area contributed by atoms with Crippen molar-refractivity contribution in [3.63, 3.8) is 0 Å². The zero-order chi connectivity index (χ0) is 13.9. The standard InChI is InChI=1S/C14H21N3OS/c1-14(2,9-15)6-7-19-13-16-11-5-4-10(18-3)8-12(11)17-13/h4-5,8H,6-7,9,15H2,1-3H3,(H,16,17). The van der Waals surface area contributed by atoms with Gasteiger partial charge in [-0.05, 0) is 30.5 Å². The molecule has 5 heteroatoms. The van der Waals surface area contributed by atoms with Crippen LogP contribution in [-0.4, -0.2) is 29.4 Å². The van der Waals surface area contributed by atoms with Crippen LogP contribution in [0.25, 0.3) is 11.0 Å². The summed E-state index contributed by atoms with van der Waals surface area (Å²) in [5.74, 6) is 1.86. The summed E-state index contributed by atoms with van der Waals surface area (Å²) in [6.45, 7) is 5.10. The lowest BCUT2D eigenvalue weighted by Gasteiger charge is -2.21. The van der Waals surface area contributed by atoms with Crippen molar-refractivity contribution in [3.05, 3.63) is 18.2 Å². The molecule has 0 bridgehead atoms. The van der Waals surface area contributed by atoms with Crippen LogP contribution >= 0.6 is 11.8 Å². The highest BCUT2D eigenvalue weighted by Gasteiger charge is 2.15. The predicted molar refractivity (Wildman–Crippen MR) is 80.8 cm³/mol. The predicted octanol–water partition coefficient (Wildman–Crippen LogP) is 3.04. The van der Waals surface area contributed by atoms with Crippen molar-refractivity contribution in [1.29, 1.82) is 0 Å². The number of nitrogens with one attached hydrogen (secondary N) is 1. The van der Waals surface area contributed by atoms with Crippen LogP contribution in [0.2, 0.25) is 0 Å². The Labute approximate surface area is 118 Å². The fourth-order valence-corrected chi connectivity index (χ4v) is 2.88. The first-order chi connectivity index (χ1) is 9.04. The number of imidazole rings is 1. The molecule has 2 rings (SSSR count). The molecule has 2 aromatic rings.